The van der Waals surface area contributed by atoms with Crippen molar-refractivity contribution in [3.8, 4) is 0 Å². The zero-order valence-electron chi connectivity index (χ0n) is 10.5. The predicted molar refractivity (Wildman–Crippen MR) is 74.9 cm³/mol. The smallest absolute Gasteiger partial charge is 0.137 e. The number of hydrogen-bond acceptors (Lipinski definition) is 3. The van der Waals surface area contributed by atoms with Crippen LogP contribution in [0.3, 0.4) is 0 Å². The number of anilines is 1. The fraction of sp³-hybridized carbons (Fsp3) is 0.133. The van der Waals surface area contributed by atoms with Crippen molar-refractivity contribution in [1.82, 2.24) is 9.38 Å². The van der Waals surface area contributed by atoms with Crippen molar-refractivity contribution in [1.29, 1.82) is 0 Å². The molecule has 0 saturated carbocycles. The van der Waals surface area contributed by atoms with Crippen molar-refractivity contribution >= 4 is 11.3 Å². The number of nitrogens with one attached hydrogen (secondary N) is 1. The first kappa shape index (κ1) is 11.7. The van der Waals surface area contributed by atoms with Crippen LogP contribution in [0, 0.1) is 0 Å². The van der Waals surface area contributed by atoms with Crippen LogP contribution >= 0.6 is 0 Å². The summed E-state index contributed by atoms with van der Waals surface area (Å²) in [5.74, 6) is 0. The second-order valence-corrected chi connectivity index (χ2v) is 4.41. The highest BCUT2D eigenvalue weighted by Gasteiger charge is 2.00. The van der Waals surface area contributed by atoms with Gasteiger partial charge in [0.2, 0.25) is 0 Å². The number of fused-ring (bicyclic) bond motifs is 1. The summed E-state index contributed by atoms with van der Waals surface area (Å²) in [6.07, 6.45) is 4.01. The van der Waals surface area contributed by atoms with Gasteiger partial charge in [-0.15, -0.1) is 0 Å². The Morgan fingerprint density at radius 2 is 1.95 bits per heavy atom. The molecule has 0 radical (unpaired) electrons. The molecule has 0 unspecified atom stereocenters. The third kappa shape index (κ3) is 2.58. The van der Waals surface area contributed by atoms with Gasteiger partial charge in [-0.05, 0) is 29.8 Å². The molecule has 3 rings (SSSR count). The summed E-state index contributed by atoms with van der Waals surface area (Å²) in [6, 6.07) is 13.7. The first-order chi connectivity index (χ1) is 9.35. The van der Waals surface area contributed by atoms with Crippen LogP contribution in [0.25, 0.3) is 5.65 Å². The molecule has 3 aromatic rings. The number of imidazole rings is 1. The highest BCUT2D eigenvalue weighted by molar-refractivity contribution is 5.45. The Bertz CT molecular complexity index is 640. The second-order valence-electron chi connectivity index (χ2n) is 4.41. The minimum absolute atomic E-state index is 0.0761. The molecule has 2 N–H and O–H groups in total. The largest absolute Gasteiger partial charge is 0.392 e. The number of benzene rings is 1. The lowest BCUT2D eigenvalue weighted by Crippen LogP contribution is -1.99. The van der Waals surface area contributed by atoms with Gasteiger partial charge in [0, 0.05) is 18.1 Å². The molecule has 0 saturated heterocycles. The summed E-state index contributed by atoms with van der Waals surface area (Å²) in [7, 11) is 0. The van der Waals surface area contributed by atoms with Crippen molar-refractivity contribution < 1.29 is 5.11 Å². The van der Waals surface area contributed by atoms with E-state index < -0.39 is 0 Å². The summed E-state index contributed by atoms with van der Waals surface area (Å²) in [6.45, 7) is 0.757. The van der Waals surface area contributed by atoms with Crippen LogP contribution in [0.5, 0.6) is 0 Å². The zero-order chi connectivity index (χ0) is 13.1. The molecule has 0 fully saturated rings. The molecule has 2 aromatic heterocycles. The molecule has 4 heteroatoms. The van der Waals surface area contributed by atoms with Crippen LogP contribution in [-0.2, 0) is 13.2 Å². The molecular formula is C15H15N3O. The van der Waals surface area contributed by atoms with Gasteiger partial charge < -0.3 is 14.8 Å². The Labute approximate surface area is 111 Å². The van der Waals surface area contributed by atoms with Crippen LogP contribution < -0.4 is 5.32 Å². The van der Waals surface area contributed by atoms with Gasteiger partial charge >= 0.3 is 0 Å². The van der Waals surface area contributed by atoms with Crippen LogP contribution in [0.15, 0.2) is 54.9 Å². The van der Waals surface area contributed by atoms with E-state index in [0.29, 0.717) is 6.54 Å². The molecule has 19 heavy (non-hydrogen) atoms. The van der Waals surface area contributed by atoms with E-state index in [9.17, 15) is 0 Å². The van der Waals surface area contributed by atoms with E-state index in [1.54, 1.807) is 0 Å². The zero-order valence-corrected chi connectivity index (χ0v) is 10.5. The molecule has 1 aromatic carbocycles. The third-order valence-electron chi connectivity index (χ3n) is 3.02. The summed E-state index contributed by atoms with van der Waals surface area (Å²) in [5, 5.41) is 12.3. The van der Waals surface area contributed by atoms with Gasteiger partial charge in [-0.3, -0.25) is 0 Å². The van der Waals surface area contributed by atoms with Gasteiger partial charge in [-0.25, -0.2) is 4.98 Å². The normalized spacial score (nSPS) is 10.8. The molecule has 4 nitrogen and oxygen atoms in total. The summed E-state index contributed by atoms with van der Waals surface area (Å²) in [5.41, 5.74) is 3.89. The van der Waals surface area contributed by atoms with E-state index in [2.05, 4.69) is 10.3 Å². The van der Waals surface area contributed by atoms with Crippen LogP contribution in [0.1, 0.15) is 11.3 Å². The van der Waals surface area contributed by atoms with Gasteiger partial charge in [-0.1, -0.05) is 18.2 Å². The minimum Gasteiger partial charge on any atom is -0.392 e. The quantitative estimate of drug-likeness (QED) is 0.751. The van der Waals surface area contributed by atoms with Gasteiger partial charge in [0.1, 0.15) is 5.65 Å². The first-order valence-corrected chi connectivity index (χ1v) is 6.21. The summed E-state index contributed by atoms with van der Waals surface area (Å²) < 4.78 is 2.01. The molecule has 0 aliphatic carbocycles. The summed E-state index contributed by atoms with van der Waals surface area (Å²) >= 11 is 0. The Morgan fingerprint density at radius 1 is 1.11 bits per heavy atom. The van der Waals surface area contributed by atoms with E-state index in [4.69, 9.17) is 5.11 Å². The maximum absolute atomic E-state index is 8.98. The topological polar surface area (TPSA) is 49.6 Å². The number of nitrogens with zero attached hydrogens (tertiary/aromatic N) is 2. The highest BCUT2D eigenvalue weighted by Crippen LogP contribution is 2.11. The number of aliphatic hydroxyl groups excluding tert-OH is 1. The van der Waals surface area contributed by atoms with Crippen molar-refractivity contribution in [3.05, 3.63) is 66.1 Å². The molecule has 96 valence electrons. The Kier molecular flexibility index (Phi) is 3.16. The Morgan fingerprint density at radius 3 is 2.68 bits per heavy atom. The van der Waals surface area contributed by atoms with Crippen molar-refractivity contribution in [2.75, 3.05) is 5.32 Å². The fourth-order valence-corrected chi connectivity index (χ4v) is 1.99. The lowest BCUT2D eigenvalue weighted by molar-refractivity contribution is 0.282. The van der Waals surface area contributed by atoms with Gasteiger partial charge in [0.05, 0.1) is 18.8 Å². The standard InChI is InChI=1S/C15H15N3O/c19-11-12-4-6-13(7-5-12)16-9-14-10-18-8-2-1-3-15(18)17-14/h1-8,10,16,19H,9,11H2. The Balaban J connectivity index is 1.70. The number of pyridine rings is 1. The molecule has 0 amide bonds. The van der Waals surface area contributed by atoms with Gasteiger partial charge in [-0.2, -0.15) is 0 Å². The average Bonchev–Trinajstić information content (AvgIpc) is 2.88. The van der Waals surface area contributed by atoms with Gasteiger partial charge in [0.15, 0.2) is 0 Å². The van der Waals surface area contributed by atoms with E-state index >= 15 is 0 Å². The van der Waals surface area contributed by atoms with Crippen molar-refractivity contribution in [2.24, 2.45) is 0 Å². The number of aliphatic hydroxyl groups is 1. The van der Waals surface area contributed by atoms with Crippen LogP contribution in [-0.4, -0.2) is 14.5 Å². The number of aromatic nitrogens is 2. The molecular weight excluding hydrogens is 238 g/mol. The van der Waals surface area contributed by atoms with E-state index in [-0.39, 0.29) is 6.61 Å². The van der Waals surface area contributed by atoms with Crippen molar-refractivity contribution in [3.63, 3.8) is 0 Å². The number of rotatable bonds is 4. The molecule has 0 atom stereocenters. The molecule has 0 spiro atoms. The molecule has 0 bridgehead atoms. The van der Waals surface area contributed by atoms with Crippen LogP contribution in [0.2, 0.25) is 0 Å². The lowest BCUT2D eigenvalue weighted by atomic mass is 10.2. The lowest BCUT2D eigenvalue weighted by Gasteiger charge is -2.04. The molecule has 2 heterocycles. The Hall–Kier alpha value is -2.33. The van der Waals surface area contributed by atoms with Crippen molar-refractivity contribution in [2.45, 2.75) is 13.2 Å². The van der Waals surface area contributed by atoms with E-state index in [1.165, 1.54) is 0 Å². The first-order valence-electron chi connectivity index (χ1n) is 6.21. The fourth-order valence-electron chi connectivity index (χ4n) is 1.99. The SMILES string of the molecule is OCc1ccc(NCc2cn3ccccc3n2)cc1. The maximum atomic E-state index is 8.98. The predicted octanol–water partition coefficient (Wildman–Crippen LogP) is 2.44. The van der Waals surface area contributed by atoms with Gasteiger partial charge in [0.25, 0.3) is 0 Å². The average molecular weight is 253 g/mol. The second kappa shape index (κ2) is 5.12. The third-order valence-corrected chi connectivity index (χ3v) is 3.02. The van der Waals surface area contributed by atoms with E-state index in [0.717, 1.165) is 22.6 Å². The molecule has 0 aliphatic rings. The minimum atomic E-state index is 0.0761. The summed E-state index contributed by atoms with van der Waals surface area (Å²) in [4.78, 5) is 4.52. The highest BCUT2D eigenvalue weighted by atomic mass is 16.3. The molecule has 0 aliphatic heterocycles. The maximum Gasteiger partial charge on any atom is 0.137 e. The van der Waals surface area contributed by atoms with E-state index in [1.807, 2.05) is 59.3 Å². The monoisotopic (exact) mass is 253 g/mol. The van der Waals surface area contributed by atoms with Crippen LogP contribution in [0.4, 0.5) is 5.69 Å². The number of hydrogen-bond donors (Lipinski definition) is 2.